The summed E-state index contributed by atoms with van der Waals surface area (Å²) in [5.74, 6) is 0.170. The molecular formula is C10H10BN5O2. The number of anilines is 1. The van der Waals surface area contributed by atoms with Crippen molar-refractivity contribution in [3.63, 3.8) is 0 Å². The summed E-state index contributed by atoms with van der Waals surface area (Å²) < 4.78 is 0. The molecule has 0 bridgehead atoms. The zero-order valence-electron chi connectivity index (χ0n) is 9.28. The van der Waals surface area contributed by atoms with Crippen LogP contribution in [-0.4, -0.2) is 37.8 Å². The Balaban J connectivity index is 2.11. The number of benzene rings is 1. The molecule has 1 aliphatic rings. The van der Waals surface area contributed by atoms with Gasteiger partial charge in [-0.15, -0.1) is 10.2 Å². The summed E-state index contributed by atoms with van der Waals surface area (Å²) >= 11 is 0. The third-order valence-corrected chi connectivity index (χ3v) is 2.95. The van der Waals surface area contributed by atoms with E-state index in [0.717, 1.165) is 11.3 Å². The number of para-hydroxylation sites is 1. The zero-order valence-corrected chi connectivity index (χ0v) is 9.28. The lowest BCUT2D eigenvalue weighted by Crippen LogP contribution is -2.50. The molecule has 0 fully saturated rings. The Bertz CT molecular complexity index is 586. The van der Waals surface area contributed by atoms with Crippen LogP contribution in [0.5, 0.6) is 0 Å². The van der Waals surface area contributed by atoms with Gasteiger partial charge in [-0.05, 0) is 11.6 Å². The number of fused-ring (bicyclic) bond motifs is 1. The van der Waals surface area contributed by atoms with Crippen molar-refractivity contribution in [2.75, 3.05) is 5.32 Å². The van der Waals surface area contributed by atoms with Crippen molar-refractivity contribution in [1.82, 2.24) is 20.6 Å². The summed E-state index contributed by atoms with van der Waals surface area (Å²) in [6.07, 6.45) is 3.41. The number of rotatable bonds is 2. The van der Waals surface area contributed by atoms with Crippen LogP contribution >= 0.6 is 0 Å². The molecule has 7 nitrogen and oxygen atoms in total. The fraction of sp³-hybridized carbons (Fsp3) is 0.100. The van der Waals surface area contributed by atoms with Gasteiger partial charge >= 0.3 is 7.12 Å². The van der Waals surface area contributed by atoms with Gasteiger partial charge < -0.3 is 15.4 Å². The summed E-state index contributed by atoms with van der Waals surface area (Å²) in [6, 6.07) is 7.52. The van der Waals surface area contributed by atoms with Gasteiger partial charge in [0, 0.05) is 5.69 Å². The zero-order chi connectivity index (χ0) is 12.6. The monoisotopic (exact) mass is 243 g/mol. The number of tetrazole rings is 1. The first-order chi connectivity index (χ1) is 8.72. The van der Waals surface area contributed by atoms with Crippen molar-refractivity contribution in [2.24, 2.45) is 0 Å². The summed E-state index contributed by atoms with van der Waals surface area (Å²) in [7, 11) is -1.69. The molecule has 1 atom stereocenters. The van der Waals surface area contributed by atoms with Gasteiger partial charge in [0.2, 0.25) is 5.82 Å². The summed E-state index contributed by atoms with van der Waals surface area (Å²) in [6.45, 7) is 0. The maximum absolute atomic E-state index is 9.65. The van der Waals surface area contributed by atoms with Crippen LogP contribution in [0.4, 0.5) is 5.69 Å². The van der Waals surface area contributed by atoms with Gasteiger partial charge in [0.25, 0.3) is 0 Å². The largest absolute Gasteiger partial charge is 0.491 e. The van der Waals surface area contributed by atoms with Gasteiger partial charge in [0.1, 0.15) is 0 Å². The molecule has 0 saturated heterocycles. The third-order valence-electron chi connectivity index (χ3n) is 2.95. The number of hydrogen-bond acceptors (Lipinski definition) is 6. The quantitative estimate of drug-likeness (QED) is 0.532. The molecule has 2 aromatic rings. The van der Waals surface area contributed by atoms with Crippen molar-refractivity contribution < 1.29 is 10.0 Å². The summed E-state index contributed by atoms with van der Waals surface area (Å²) in [5.41, 5.74) is 0.441. The number of nitrogens with zero attached hydrogens (tertiary/aromatic N) is 3. The second kappa shape index (κ2) is 3.93. The Labute approximate surface area is 103 Å². The lowest BCUT2D eigenvalue weighted by atomic mass is 9.62. The van der Waals surface area contributed by atoms with Crippen LogP contribution in [0, 0.1) is 0 Å². The van der Waals surface area contributed by atoms with E-state index in [1.165, 1.54) is 0 Å². The van der Waals surface area contributed by atoms with E-state index in [-0.39, 0.29) is 5.82 Å². The molecule has 1 unspecified atom stereocenters. The van der Waals surface area contributed by atoms with Crippen LogP contribution in [0.3, 0.4) is 0 Å². The molecule has 1 aliphatic heterocycles. The van der Waals surface area contributed by atoms with Crippen molar-refractivity contribution >= 4 is 18.9 Å². The van der Waals surface area contributed by atoms with Crippen LogP contribution < -0.4 is 5.32 Å². The number of aromatic amines is 1. The first-order valence-electron chi connectivity index (χ1n) is 5.39. The standard InChI is InChI=1S/C10H10BN5O2/c17-11(18)10(9-13-15-16-14-9)6-5-7-3-1-2-4-8(7)12-10/h1-6,12,17-18H,(H,13,14,15,16). The second-order valence-electron chi connectivity index (χ2n) is 4.02. The number of aromatic nitrogens is 4. The highest BCUT2D eigenvalue weighted by molar-refractivity contribution is 6.47. The highest BCUT2D eigenvalue weighted by atomic mass is 16.4. The fourth-order valence-corrected chi connectivity index (χ4v) is 1.98. The Morgan fingerprint density at radius 2 is 2.06 bits per heavy atom. The van der Waals surface area contributed by atoms with Crippen LogP contribution in [-0.2, 0) is 5.44 Å². The normalized spacial score (nSPS) is 21.2. The lowest BCUT2D eigenvalue weighted by Gasteiger charge is -2.32. The first-order valence-corrected chi connectivity index (χ1v) is 5.39. The Morgan fingerprint density at radius 1 is 1.22 bits per heavy atom. The predicted octanol–water partition coefficient (Wildman–Crippen LogP) is -0.454. The molecule has 0 aliphatic carbocycles. The van der Waals surface area contributed by atoms with E-state index in [1.54, 1.807) is 12.2 Å². The van der Waals surface area contributed by atoms with Crippen LogP contribution in [0.1, 0.15) is 11.4 Å². The number of nitrogens with one attached hydrogen (secondary N) is 2. The van der Waals surface area contributed by atoms with E-state index in [4.69, 9.17) is 0 Å². The molecule has 18 heavy (non-hydrogen) atoms. The summed E-state index contributed by atoms with van der Waals surface area (Å²) in [4.78, 5) is 0. The maximum atomic E-state index is 9.65. The van der Waals surface area contributed by atoms with E-state index in [0.29, 0.717) is 0 Å². The minimum Gasteiger partial charge on any atom is -0.425 e. The second-order valence-corrected chi connectivity index (χ2v) is 4.02. The number of H-pyrrole nitrogens is 1. The molecule has 0 spiro atoms. The first kappa shape index (κ1) is 10.9. The molecule has 1 aromatic heterocycles. The van der Waals surface area contributed by atoms with E-state index >= 15 is 0 Å². The average molecular weight is 243 g/mol. The Hall–Kier alpha value is -2.19. The topological polar surface area (TPSA) is 107 Å². The van der Waals surface area contributed by atoms with Gasteiger partial charge in [-0.2, -0.15) is 5.21 Å². The molecule has 0 saturated carbocycles. The van der Waals surface area contributed by atoms with Crippen molar-refractivity contribution in [2.45, 2.75) is 5.44 Å². The van der Waals surface area contributed by atoms with Crippen molar-refractivity contribution in [1.29, 1.82) is 0 Å². The van der Waals surface area contributed by atoms with Gasteiger partial charge in [0.15, 0.2) is 5.44 Å². The molecule has 3 rings (SSSR count). The smallest absolute Gasteiger partial charge is 0.425 e. The molecule has 0 radical (unpaired) electrons. The highest BCUT2D eigenvalue weighted by Crippen LogP contribution is 2.33. The molecule has 1 aromatic carbocycles. The van der Waals surface area contributed by atoms with Crippen molar-refractivity contribution in [3.8, 4) is 0 Å². The van der Waals surface area contributed by atoms with Gasteiger partial charge in [-0.1, -0.05) is 35.6 Å². The maximum Gasteiger partial charge on any atom is 0.491 e. The van der Waals surface area contributed by atoms with Gasteiger partial charge in [-0.25, -0.2) is 0 Å². The average Bonchev–Trinajstić information content (AvgIpc) is 2.92. The Morgan fingerprint density at radius 3 is 2.78 bits per heavy atom. The fourth-order valence-electron chi connectivity index (χ4n) is 1.98. The predicted molar refractivity (Wildman–Crippen MR) is 65.1 cm³/mol. The lowest BCUT2D eigenvalue weighted by molar-refractivity contribution is 0.369. The molecule has 90 valence electrons. The van der Waals surface area contributed by atoms with Crippen LogP contribution in [0.25, 0.3) is 6.08 Å². The molecular weight excluding hydrogens is 233 g/mol. The SMILES string of the molecule is OB(O)C1(c2nn[nH]n2)C=Cc2ccccc2N1. The van der Waals surface area contributed by atoms with E-state index in [1.807, 2.05) is 24.3 Å². The van der Waals surface area contributed by atoms with E-state index in [2.05, 4.69) is 25.9 Å². The number of hydrogen-bond donors (Lipinski definition) is 4. The summed E-state index contributed by atoms with van der Waals surface area (Å²) in [5, 5.41) is 35.7. The van der Waals surface area contributed by atoms with Gasteiger partial charge in [-0.3, -0.25) is 0 Å². The van der Waals surface area contributed by atoms with Crippen LogP contribution in [0.15, 0.2) is 30.3 Å². The van der Waals surface area contributed by atoms with E-state index in [9.17, 15) is 10.0 Å². The van der Waals surface area contributed by atoms with Gasteiger partial charge in [0.05, 0.1) is 0 Å². The van der Waals surface area contributed by atoms with Crippen molar-refractivity contribution in [3.05, 3.63) is 41.7 Å². The highest BCUT2D eigenvalue weighted by Gasteiger charge is 2.47. The molecule has 2 heterocycles. The molecule has 4 N–H and O–H groups in total. The minimum atomic E-state index is -1.69. The van der Waals surface area contributed by atoms with E-state index < -0.39 is 12.6 Å². The minimum absolute atomic E-state index is 0.170. The Kier molecular flexibility index (Phi) is 2.39. The molecule has 0 amide bonds. The third kappa shape index (κ3) is 1.51. The van der Waals surface area contributed by atoms with Crippen LogP contribution in [0.2, 0.25) is 0 Å². The molecule has 8 heteroatoms.